The van der Waals surface area contributed by atoms with Gasteiger partial charge in [0.1, 0.15) is 5.75 Å². The number of ketones is 1. The fourth-order valence-electron chi connectivity index (χ4n) is 4.26. The Labute approximate surface area is 179 Å². The van der Waals surface area contributed by atoms with E-state index in [0.717, 1.165) is 33.8 Å². The number of ether oxygens (including phenoxy) is 2. The van der Waals surface area contributed by atoms with Crippen molar-refractivity contribution in [2.75, 3.05) is 14.2 Å². The highest BCUT2D eigenvalue weighted by Crippen LogP contribution is 2.35. The van der Waals surface area contributed by atoms with Crippen LogP contribution in [-0.2, 0) is 17.8 Å². The van der Waals surface area contributed by atoms with Crippen LogP contribution in [0.15, 0.2) is 54.6 Å². The number of carbonyl (C=O) groups excluding carboxylic acids is 1. The van der Waals surface area contributed by atoms with Gasteiger partial charge in [0.2, 0.25) is 0 Å². The van der Waals surface area contributed by atoms with E-state index in [4.69, 9.17) is 14.6 Å². The van der Waals surface area contributed by atoms with Gasteiger partial charge < -0.3 is 9.47 Å². The van der Waals surface area contributed by atoms with Crippen molar-refractivity contribution in [1.82, 2.24) is 19.8 Å². The van der Waals surface area contributed by atoms with E-state index in [2.05, 4.69) is 10.2 Å². The largest absolute Gasteiger partial charge is 0.497 e. The molecule has 1 aliphatic rings. The highest BCUT2D eigenvalue weighted by Gasteiger charge is 2.32. The molecule has 7 heteroatoms. The molecule has 1 aliphatic carbocycles. The quantitative estimate of drug-likeness (QED) is 0.493. The number of carbonyl (C=O) groups is 1. The summed E-state index contributed by atoms with van der Waals surface area (Å²) in [4.78, 5) is 12.9. The Bertz CT molecular complexity index is 1250. The average Bonchev–Trinajstić information content (AvgIpc) is 3.18. The van der Waals surface area contributed by atoms with Gasteiger partial charge in [-0.15, -0.1) is 10.2 Å². The molecule has 0 spiro atoms. The predicted octanol–water partition coefficient (Wildman–Crippen LogP) is 3.86. The van der Waals surface area contributed by atoms with Gasteiger partial charge in [-0.2, -0.15) is 5.10 Å². The van der Waals surface area contributed by atoms with Crippen LogP contribution in [0.1, 0.15) is 39.8 Å². The van der Waals surface area contributed by atoms with Crippen LogP contribution in [0.25, 0.3) is 16.8 Å². The Kier molecular flexibility index (Phi) is 4.95. The van der Waals surface area contributed by atoms with Crippen molar-refractivity contribution in [3.8, 4) is 16.9 Å². The summed E-state index contributed by atoms with van der Waals surface area (Å²) in [7, 11) is 3.29. The smallest absolute Gasteiger partial charge is 0.185 e. The second-order valence-corrected chi connectivity index (χ2v) is 7.65. The summed E-state index contributed by atoms with van der Waals surface area (Å²) < 4.78 is 12.4. The fraction of sp³-hybridized carbons (Fsp3) is 0.250. The molecule has 2 aromatic heterocycles. The molecule has 156 valence electrons. The predicted molar refractivity (Wildman–Crippen MR) is 115 cm³/mol. The lowest BCUT2D eigenvalue weighted by Crippen LogP contribution is -2.24. The van der Waals surface area contributed by atoms with Crippen LogP contribution in [0.3, 0.4) is 0 Å². The number of nitrogens with zero attached hydrogens (tertiary/aromatic N) is 4. The van der Waals surface area contributed by atoms with Crippen molar-refractivity contribution >= 4 is 11.4 Å². The standard InChI is InChI=1S/C24H22N4O3/c1-30-14-19-22(16-6-4-3-5-7-16)24-26-25-23-20(28(24)27-19)12-17(13-21(23)29)15-8-10-18(31-2)11-9-15/h3-11,17H,12-14H2,1-2H3/t17-/m0/s1. The molecule has 0 amide bonds. The summed E-state index contributed by atoms with van der Waals surface area (Å²) in [6.07, 6.45) is 1.05. The Morgan fingerprint density at radius 2 is 1.77 bits per heavy atom. The molecular weight excluding hydrogens is 392 g/mol. The minimum absolute atomic E-state index is 0.0125. The van der Waals surface area contributed by atoms with E-state index in [1.807, 2.05) is 54.6 Å². The number of rotatable bonds is 5. The molecule has 0 fully saturated rings. The fourth-order valence-corrected chi connectivity index (χ4v) is 4.26. The molecule has 0 radical (unpaired) electrons. The van der Waals surface area contributed by atoms with Crippen LogP contribution >= 0.6 is 0 Å². The molecule has 1 atom stereocenters. The van der Waals surface area contributed by atoms with E-state index in [-0.39, 0.29) is 11.7 Å². The van der Waals surface area contributed by atoms with Crippen LogP contribution in [0.4, 0.5) is 0 Å². The molecule has 4 aromatic rings. The van der Waals surface area contributed by atoms with Gasteiger partial charge in [0.25, 0.3) is 0 Å². The van der Waals surface area contributed by atoms with E-state index in [1.165, 1.54) is 0 Å². The van der Waals surface area contributed by atoms with Gasteiger partial charge in [0, 0.05) is 13.5 Å². The van der Waals surface area contributed by atoms with Gasteiger partial charge in [-0.1, -0.05) is 42.5 Å². The summed E-state index contributed by atoms with van der Waals surface area (Å²) in [5.41, 5.74) is 5.59. The molecule has 0 saturated carbocycles. The second-order valence-electron chi connectivity index (χ2n) is 7.65. The monoisotopic (exact) mass is 414 g/mol. The lowest BCUT2D eigenvalue weighted by molar-refractivity contribution is 0.0955. The summed E-state index contributed by atoms with van der Waals surface area (Å²) in [5, 5.41) is 13.5. The summed E-state index contributed by atoms with van der Waals surface area (Å²) in [5.74, 6) is 0.832. The van der Waals surface area contributed by atoms with E-state index in [1.54, 1.807) is 18.7 Å². The number of Topliss-reactive ketones (excluding diaryl/α,β-unsaturated/α-hetero) is 1. The third-order valence-electron chi connectivity index (χ3n) is 5.77. The number of fused-ring (bicyclic) bond motifs is 3. The van der Waals surface area contributed by atoms with Gasteiger partial charge in [-0.3, -0.25) is 4.79 Å². The first-order valence-electron chi connectivity index (χ1n) is 10.2. The van der Waals surface area contributed by atoms with Crippen molar-refractivity contribution in [3.63, 3.8) is 0 Å². The Morgan fingerprint density at radius 3 is 2.48 bits per heavy atom. The molecule has 0 unspecified atom stereocenters. The van der Waals surface area contributed by atoms with Crippen LogP contribution < -0.4 is 4.74 Å². The number of methoxy groups -OCH3 is 2. The van der Waals surface area contributed by atoms with E-state index in [0.29, 0.717) is 30.8 Å². The molecule has 7 nitrogen and oxygen atoms in total. The molecule has 0 saturated heterocycles. The third kappa shape index (κ3) is 3.37. The average molecular weight is 414 g/mol. The lowest BCUT2D eigenvalue weighted by Gasteiger charge is -2.23. The van der Waals surface area contributed by atoms with Gasteiger partial charge in [-0.05, 0) is 35.6 Å². The van der Waals surface area contributed by atoms with Gasteiger partial charge in [0.15, 0.2) is 17.1 Å². The second kappa shape index (κ2) is 7.92. The minimum Gasteiger partial charge on any atom is -0.497 e. The molecule has 5 rings (SSSR count). The van der Waals surface area contributed by atoms with Crippen molar-refractivity contribution in [1.29, 1.82) is 0 Å². The highest BCUT2D eigenvalue weighted by atomic mass is 16.5. The highest BCUT2D eigenvalue weighted by molar-refractivity contribution is 5.97. The Hall–Kier alpha value is -3.58. The molecule has 31 heavy (non-hydrogen) atoms. The van der Waals surface area contributed by atoms with Crippen molar-refractivity contribution in [2.24, 2.45) is 0 Å². The van der Waals surface area contributed by atoms with Crippen LogP contribution in [0.5, 0.6) is 5.75 Å². The maximum atomic E-state index is 12.9. The number of aromatic nitrogens is 4. The van der Waals surface area contributed by atoms with Crippen molar-refractivity contribution in [3.05, 3.63) is 77.2 Å². The number of hydrogen-bond acceptors (Lipinski definition) is 6. The summed E-state index contributed by atoms with van der Waals surface area (Å²) in [6.45, 7) is 0.345. The van der Waals surface area contributed by atoms with Crippen molar-refractivity contribution < 1.29 is 14.3 Å². The number of benzene rings is 2. The summed E-state index contributed by atoms with van der Waals surface area (Å²) >= 11 is 0. The molecule has 0 bridgehead atoms. The van der Waals surface area contributed by atoms with Gasteiger partial charge in [-0.25, -0.2) is 4.52 Å². The summed E-state index contributed by atoms with van der Waals surface area (Å²) in [6, 6.07) is 17.8. The zero-order valence-electron chi connectivity index (χ0n) is 17.4. The molecular formula is C24H22N4O3. The Balaban J connectivity index is 1.64. The Morgan fingerprint density at radius 1 is 1.00 bits per heavy atom. The van der Waals surface area contributed by atoms with E-state index < -0.39 is 0 Å². The molecule has 0 aliphatic heterocycles. The van der Waals surface area contributed by atoms with Crippen LogP contribution in [0, 0.1) is 0 Å². The maximum Gasteiger partial charge on any atom is 0.185 e. The lowest BCUT2D eigenvalue weighted by atomic mass is 9.83. The SMILES string of the molecule is COCc1nn2c3c(nnc2c1-c1ccccc1)C(=O)C[C@@H](c1ccc(OC)cc1)C3. The van der Waals surface area contributed by atoms with Crippen molar-refractivity contribution in [2.45, 2.75) is 25.4 Å². The third-order valence-corrected chi connectivity index (χ3v) is 5.77. The first-order valence-corrected chi connectivity index (χ1v) is 10.2. The topological polar surface area (TPSA) is 78.6 Å². The van der Waals surface area contributed by atoms with Crippen LogP contribution in [-0.4, -0.2) is 39.8 Å². The maximum absolute atomic E-state index is 12.9. The molecule has 2 aromatic carbocycles. The zero-order valence-corrected chi connectivity index (χ0v) is 17.4. The first kappa shape index (κ1) is 19.4. The molecule has 0 N–H and O–H groups in total. The molecule has 2 heterocycles. The number of hydrogen-bond donors (Lipinski definition) is 0. The normalized spacial score (nSPS) is 15.8. The zero-order chi connectivity index (χ0) is 21.4. The van der Waals surface area contributed by atoms with Gasteiger partial charge >= 0.3 is 0 Å². The van der Waals surface area contributed by atoms with Crippen LogP contribution in [0.2, 0.25) is 0 Å². The van der Waals surface area contributed by atoms with E-state index >= 15 is 0 Å². The first-order chi connectivity index (χ1) is 15.2. The minimum atomic E-state index is -0.0125. The van der Waals surface area contributed by atoms with Gasteiger partial charge in [0.05, 0.1) is 30.7 Å². The van der Waals surface area contributed by atoms with E-state index in [9.17, 15) is 4.79 Å².